The Morgan fingerprint density at radius 2 is 1.95 bits per heavy atom. The van der Waals surface area contributed by atoms with Crippen LogP contribution in [0.2, 0.25) is 0 Å². The van der Waals surface area contributed by atoms with E-state index in [0.29, 0.717) is 32.0 Å². The summed E-state index contributed by atoms with van der Waals surface area (Å²) in [7, 11) is 1.86. The Morgan fingerprint density at radius 1 is 1.30 bits per heavy atom. The molecule has 1 aliphatic heterocycles. The number of carboxylic acid groups (broad SMARTS) is 1. The molecule has 1 saturated heterocycles. The van der Waals surface area contributed by atoms with Crippen LogP contribution in [-0.4, -0.2) is 53.1 Å². The van der Waals surface area contributed by atoms with Gasteiger partial charge in [0.2, 0.25) is 0 Å². The molecule has 2 aliphatic rings. The van der Waals surface area contributed by atoms with Crippen molar-refractivity contribution < 1.29 is 14.7 Å². The molecule has 0 radical (unpaired) electrons. The van der Waals surface area contributed by atoms with E-state index in [1.807, 2.05) is 18.9 Å². The molecule has 0 spiro atoms. The second-order valence-corrected chi connectivity index (χ2v) is 6.30. The second-order valence-electron chi connectivity index (χ2n) is 6.30. The lowest BCUT2D eigenvalue weighted by Gasteiger charge is -2.41. The Hall–Kier alpha value is -1.26. The molecule has 2 fully saturated rings. The van der Waals surface area contributed by atoms with Crippen molar-refractivity contribution in [3.05, 3.63) is 0 Å². The highest BCUT2D eigenvalue weighted by Gasteiger charge is 2.43. The average molecular weight is 282 g/mol. The number of carboxylic acids is 1. The lowest BCUT2D eigenvalue weighted by atomic mass is 9.78. The number of amides is 2. The maximum Gasteiger partial charge on any atom is 0.320 e. The van der Waals surface area contributed by atoms with Crippen LogP contribution < -0.4 is 0 Å². The predicted octanol–water partition coefficient (Wildman–Crippen LogP) is 2.56. The summed E-state index contributed by atoms with van der Waals surface area (Å²) in [4.78, 5) is 27.7. The summed E-state index contributed by atoms with van der Waals surface area (Å²) in [6.07, 6.45) is 6.58. The zero-order valence-corrected chi connectivity index (χ0v) is 12.6. The fourth-order valence-corrected chi connectivity index (χ4v) is 3.58. The van der Waals surface area contributed by atoms with Gasteiger partial charge in [0, 0.05) is 26.2 Å². The summed E-state index contributed by atoms with van der Waals surface area (Å²) < 4.78 is 0. The van der Waals surface area contributed by atoms with Gasteiger partial charge in [0.15, 0.2) is 0 Å². The van der Waals surface area contributed by atoms with E-state index in [1.54, 1.807) is 4.90 Å². The highest BCUT2D eigenvalue weighted by Crippen LogP contribution is 2.34. The molecule has 1 unspecified atom stereocenters. The first-order chi connectivity index (χ1) is 9.50. The van der Waals surface area contributed by atoms with Crippen molar-refractivity contribution >= 4 is 12.0 Å². The second kappa shape index (κ2) is 6.02. The zero-order chi connectivity index (χ0) is 14.8. The molecular formula is C15H26N2O3. The van der Waals surface area contributed by atoms with Gasteiger partial charge in [0.25, 0.3) is 0 Å². The van der Waals surface area contributed by atoms with Crippen LogP contribution in [0.25, 0.3) is 0 Å². The number of urea groups is 1. The van der Waals surface area contributed by atoms with Gasteiger partial charge >= 0.3 is 12.0 Å². The highest BCUT2D eigenvalue weighted by molar-refractivity contribution is 5.79. The first kappa shape index (κ1) is 15.1. The van der Waals surface area contributed by atoms with Gasteiger partial charge in [-0.2, -0.15) is 0 Å². The first-order valence-corrected chi connectivity index (χ1v) is 7.75. The molecule has 1 N–H and O–H groups in total. The number of nitrogens with zero attached hydrogens (tertiary/aromatic N) is 2. The summed E-state index contributed by atoms with van der Waals surface area (Å²) in [5, 5.41) is 9.49. The molecule has 2 rings (SSSR count). The van der Waals surface area contributed by atoms with E-state index in [-0.39, 0.29) is 6.03 Å². The van der Waals surface area contributed by atoms with Crippen LogP contribution in [-0.2, 0) is 4.79 Å². The van der Waals surface area contributed by atoms with Crippen LogP contribution in [0.3, 0.4) is 0 Å². The van der Waals surface area contributed by atoms with E-state index in [1.165, 1.54) is 12.8 Å². The molecule has 0 aromatic rings. The maximum absolute atomic E-state index is 12.6. The number of carbonyl (C=O) groups is 2. The third-order valence-corrected chi connectivity index (χ3v) is 5.15. The highest BCUT2D eigenvalue weighted by atomic mass is 16.4. The summed E-state index contributed by atoms with van der Waals surface area (Å²) in [5.74, 6) is -0.763. The lowest BCUT2D eigenvalue weighted by molar-refractivity contribution is -0.152. The molecule has 0 aromatic heterocycles. The quantitative estimate of drug-likeness (QED) is 0.865. The predicted molar refractivity (Wildman–Crippen MR) is 76.6 cm³/mol. The minimum Gasteiger partial charge on any atom is -0.481 e. The van der Waals surface area contributed by atoms with Gasteiger partial charge in [0.1, 0.15) is 0 Å². The fraction of sp³-hybridized carbons (Fsp3) is 0.867. The van der Waals surface area contributed by atoms with Gasteiger partial charge in [-0.15, -0.1) is 0 Å². The number of hydrogen-bond donors (Lipinski definition) is 1. The third kappa shape index (κ3) is 2.76. The van der Waals surface area contributed by atoms with Gasteiger partial charge in [-0.3, -0.25) is 4.79 Å². The SMILES string of the molecule is CCC1(C(=O)O)CCCN(C(=O)N(C)C2CCCC2)C1. The van der Waals surface area contributed by atoms with E-state index in [0.717, 1.165) is 19.3 Å². The van der Waals surface area contributed by atoms with Gasteiger partial charge in [-0.25, -0.2) is 4.79 Å². The zero-order valence-electron chi connectivity index (χ0n) is 12.6. The molecule has 1 heterocycles. The summed E-state index contributed by atoms with van der Waals surface area (Å²) in [5.41, 5.74) is -0.746. The van der Waals surface area contributed by atoms with Crippen molar-refractivity contribution in [1.29, 1.82) is 0 Å². The number of hydrogen-bond acceptors (Lipinski definition) is 2. The van der Waals surface area contributed by atoms with E-state index in [9.17, 15) is 14.7 Å². The normalized spacial score (nSPS) is 27.6. The minimum absolute atomic E-state index is 0.00988. The van der Waals surface area contributed by atoms with Crippen molar-refractivity contribution in [2.75, 3.05) is 20.1 Å². The van der Waals surface area contributed by atoms with Crippen molar-refractivity contribution in [2.45, 2.75) is 57.9 Å². The van der Waals surface area contributed by atoms with E-state index in [4.69, 9.17) is 0 Å². The Morgan fingerprint density at radius 3 is 2.50 bits per heavy atom. The van der Waals surface area contributed by atoms with Crippen molar-refractivity contribution in [1.82, 2.24) is 9.80 Å². The van der Waals surface area contributed by atoms with E-state index < -0.39 is 11.4 Å². The molecule has 114 valence electrons. The van der Waals surface area contributed by atoms with E-state index >= 15 is 0 Å². The number of piperidine rings is 1. The topological polar surface area (TPSA) is 60.9 Å². The van der Waals surface area contributed by atoms with Crippen LogP contribution in [0.15, 0.2) is 0 Å². The number of aliphatic carboxylic acids is 1. The van der Waals surface area contributed by atoms with Gasteiger partial charge < -0.3 is 14.9 Å². The van der Waals surface area contributed by atoms with Gasteiger partial charge in [0.05, 0.1) is 5.41 Å². The fourth-order valence-electron chi connectivity index (χ4n) is 3.58. The summed E-state index contributed by atoms with van der Waals surface area (Å²) in [6, 6.07) is 0.348. The van der Waals surface area contributed by atoms with Crippen LogP contribution >= 0.6 is 0 Å². The Bertz CT molecular complexity index is 379. The molecular weight excluding hydrogens is 256 g/mol. The molecule has 20 heavy (non-hydrogen) atoms. The van der Waals surface area contributed by atoms with Crippen LogP contribution in [0.5, 0.6) is 0 Å². The molecule has 0 bridgehead atoms. The van der Waals surface area contributed by atoms with Crippen LogP contribution in [0.4, 0.5) is 4.79 Å². The molecule has 5 nitrogen and oxygen atoms in total. The van der Waals surface area contributed by atoms with Crippen molar-refractivity contribution in [2.24, 2.45) is 5.41 Å². The standard InChI is InChI=1S/C15H26N2O3/c1-3-15(13(18)19)9-6-10-17(11-15)14(20)16(2)12-7-4-5-8-12/h12H,3-11H2,1-2H3,(H,18,19). The number of likely N-dealkylation sites (tertiary alicyclic amines) is 1. The van der Waals surface area contributed by atoms with Crippen molar-refractivity contribution in [3.8, 4) is 0 Å². The van der Waals surface area contributed by atoms with Gasteiger partial charge in [-0.05, 0) is 32.1 Å². The molecule has 1 atom stereocenters. The number of carbonyl (C=O) groups excluding carboxylic acids is 1. The minimum atomic E-state index is -0.763. The maximum atomic E-state index is 12.6. The van der Waals surface area contributed by atoms with E-state index in [2.05, 4.69) is 0 Å². The molecule has 0 aromatic carbocycles. The molecule has 2 amide bonds. The number of rotatable bonds is 3. The first-order valence-electron chi connectivity index (χ1n) is 7.75. The summed E-state index contributed by atoms with van der Waals surface area (Å²) in [6.45, 7) is 2.95. The molecule has 5 heteroatoms. The molecule has 1 saturated carbocycles. The average Bonchev–Trinajstić information content (AvgIpc) is 2.99. The lowest BCUT2D eigenvalue weighted by Crippen LogP contribution is -2.54. The molecule has 1 aliphatic carbocycles. The monoisotopic (exact) mass is 282 g/mol. The Balaban J connectivity index is 2.04. The smallest absolute Gasteiger partial charge is 0.320 e. The Kier molecular flexibility index (Phi) is 4.55. The van der Waals surface area contributed by atoms with Crippen molar-refractivity contribution in [3.63, 3.8) is 0 Å². The summed E-state index contributed by atoms with van der Waals surface area (Å²) >= 11 is 0. The Labute approximate surface area is 120 Å². The van der Waals surface area contributed by atoms with Crippen LogP contribution in [0.1, 0.15) is 51.9 Å². The van der Waals surface area contributed by atoms with Crippen LogP contribution in [0, 0.1) is 5.41 Å². The largest absolute Gasteiger partial charge is 0.481 e. The van der Waals surface area contributed by atoms with Gasteiger partial charge in [-0.1, -0.05) is 19.8 Å². The third-order valence-electron chi connectivity index (χ3n) is 5.15.